The Balaban J connectivity index is 1.97. The van der Waals surface area contributed by atoms with Gasteiger partial charge in [0.2, 0.25) is 0 Å². The Kier molecular flexibility index (Phi) is 4.98. The van der Waals surface area contributed by atoms with Crippen molar-refractivity contribution in [1.29, 1.82) is 0 Å². The number of carbonyl (C=O) groups is 2. The van der Waals surface area contributed by atoms with Crippen LogP contribution in [0.4, 0.5) is 5.69 Å². The zero-order valence-electron chi connectivity index (χ0n) is 14.2. The minimum atomic E-state index is -1.90. The van der Waals surface area contributed by atoms with Crippen LogP contribution in [0.5, 0.6) is 5.75 Å². The number of aliphatic hydroxyl groups is 1. The van der Waals surface area contributed by atoms with E-state index in [4.69, 9.17) is 4.74 Å². The van der Waals surface area contributed by atoms with Gasteiger partial charge in [0, 0.05) is 22.1 Å². The maximum atomic E-state index is 12.9. The largest absolute Gasteiger partial charge is 0.497 e. The molecule has 0 aliphatic carbocycles. The number of carbonyl (C=O) groups excluding carboxylic acids is 2. The molecule has 1 atom stereocenters. The lowest BCUT2D eigenvalue weighted by molar-refractivity contribution is -0.135. The van der Waals surface area contributed by atoms with Crippen LogP contribution in [0, 0.1) is 0 Å². The molecule has 2 aromatic carbocycles. The fraction of sp³-hybridized carbons (Fsp3) is 0.200. The van der Waals surface area contributed by atoms with Gasteiger partial charge in [-0.15, -0.1) is 6.58 Å². The third kappa shape index (κ3) is 3.06. The van der Waals surface area contributed by atoms with Crippen molar-refractivity contribution in [3.05, 3.63) is 70.7 Å². The van der Waals surface area contributed by atoms with Crippen LogP contribution < -0.4 is 9.64 Å². The van der Waals surface area contributed by atoms with Gasteiger partial charge in [-0.25, -0.2) is 0 Å². The Labute approximate surface area is 160 Å². The smallest absolute Gasteiger partial charge is 0.264 e. The monoisotopic (exact) mass is 415 g/mol. The number of ketones is 1. The number of ether oxygens (including phenoxy) is 1. The van der Waals surface area contributed by atoms with Crippen LogP contribution in [0.15, 0.2) is 59.6 Å². The van der Waals surface area contributed by atoms with Gasteiger partial charge in [0.1, 0.15) is 5.75 Å². The molecule has 1 heterocycles. The molecule has 0 aromatic heterocycles. The number of hydrogen-bond acceptors (Lipinski definition) is 4. The van der Waals surface area contributed by atoms with Crippen molar-refractivity contribution in [1.82, 2.24) is 0 Å². The highest BCUT2D eigenvalue weighted by Crippen LogP contribution is 2.44. The summed E-state index contributed by atoms with van der Waals surface area (Å²) in [5, 5.41) is 11.2. The van der Waals surface area contributed by atoms with E-state index in [1.54, 1.807) is 55.7 Å². The number of amides is 1. The van der Waals surface area contributed by atoms with E-state index in [0.29, 0.717) is 22.6 Å². The zero-order chi connectivity index (χ0) is 18.9. The second-order valence-electron chi connectivity index (χ2n) is 6.05. The molecule has 0 saturated carbocycles. The maximum absolute atomic E-state index is 12.9. The van der Waals surface area contributed by atoms with Crippen LogP contribution in [0.25, 0.3) is 0 Å². The number of rotatable bonds is 6. The van der Waals surface area contributed by atoms with Gasteiger partial charge < -0.3 is 14.7 Å². The minimum Gasteiger partial charge on any atom is -0.497 e. The average molecular weight is 416 g/mol. The summed E-state index contributed by atoms with van der Waals surface area (Å²) in [5.41, 5.74) is -0.492. The molecule has 134 valence electrons. The van der Waals surface area contributed by atoms with Gasteiger partial charge in [-0.2, -0.15) is 0 Å². The van der Waals surface area contributed by atoms with Crippen LogP contribution in [-0.2, 0) is 10.4 Å². The Hall–Kier alpha value is -2.44. The predicted octanol–water partition coefficient (Wildman–Crippen LogP) is 3.45. The second-order valence-corrected chi connectivity index (χ2v) is 6.97. The Morgan fingerprint density at radius 1 is 1.31 bits per heavy atom. The van der Waals surface area contributed by atoms with Gasteiger partial charge in [0.05, 0.1) is 19.2 Å². The molecule has 1 N–H and O–H groups in total. The van der Waals surface area contributed by atoms with E-state index in [0.717, 1.165) is 4.47 Å². The third-order valence-electron chi connectivity index (χ3n) is 4.43. The van der Waals surface area contributed by atoms with E-state index in [1.165, 1.54) is 4.90 Å². The molecule has 26 heavy (non-hydrogen) atoms. The molecule has 5 nitrogen and oxygen atoms in total. The van der Waals surface area contributed by atoms with Crippen LogP contribution in [0.2, 0.25) is 0 Å². The molecule has 1 aliphatic rings. The SMILES string of the molecule is C=CCN1C(=O)[C@@](O)(CC(=O)c2ccc(OC)cc2)c2cc(Br)ccc21. The molecule has 0 bridgehead atoms. The number of Topliss-reactive ketones (excluding diaryl/α,β-unsaturated/α-hetero) is 1. The first-order valence-corrected chi connectivity index (χ1v) is 8.82. The first kappa shape index (κ1) is 18.4. The van der Waals surface area contributed by atoms with Crippen molar-refractivity contribution < 1.29 is 19.4 Å². The minimum absolute atomic E-state index is 0.256. The summed E-state index contributed by atoms with van der Waals surface area (Å²) in [6.45, 7) is 3.91. The molecular weight excluding hydrogens is 398 g/mol. The lowest BCUT2D eigenvalue weighted by Crippen LogP contribution is -2.41. The number of fused-ring (bicyclic) bond motifs is 1. The van der Waals surface area contributed by atoms with Gasteiger partial charge in [-0.05, 0) is 42.5 Å². The van der Waals surface area contributed by atoms with Gasteiger partial charge >= 0.3 is 0 Å². The van der Waals surface area contributed by atoms with E-state index in [-0.39, 0.29) is 18.7 Å². The lowest BCUT2D eigenvalue weighted by Gasteiger charge is -2.22. The first-order valence-electron chi connectivity index (χ1n) is 8.03. The highest BCUT2D eigenvalue weighted by Gasteiger charge is 2.50. The van der Waals surface area contributed by atoms with Crippen molar-refractivity contribution >= 4 is 33.3 Å². The molecule has 0 fully saturated rings. The summed E-state index contributed by atoms with van der Waals surface area (Å²) in [4.78, 5) is 27.0. The summed E-state index contributed by atoms with van der Waals surface area (Å²) in [6, 6.07) is 11.8. The van der Waals surface area contributed by atoms with Gasteiger partial charge in [-0.3, -0.25) is 9.59 Å². The average Bonchev–Trinajstić information content (AvgIpc) is 2.84. The quantitative estimate of drug-likeness (QED) is 0.579. The van der Waals surface area contributed by atoms with Crippen LogP contribution in [-0.4, -0.2) is 30.5 Å². The van der Waals surface area contributed by atoms with Crippen molar-refractivity contribution in [2.24, 2.45) is 0 Å². The van der Waals surface area contributed by atoms with Crippen molar-refractivity contribution in [3.63, 3.8) is 0 Å². The summed E-state index contributed by atoms with van der Waals surface area (Å²) in [5.74, 6) is -0.217. The summed E-state index contributed by atoms with van der Waals surface area (Å²) >= 11 is 3.36. The molecule has 2 aromatic rings. The number of anilines is 1. The molecule has 0 unspecified atom stereocenters. The lowest BCUT2D eigenvalue weighted by atomic mass is 9.88. The van der Waals surface area contributed by atoms with Crippen molar-refractivity contribution in [2.75, 3.05) is 18.6 Å². The molecular formula is C20H18BrNO4. The summed E-state index contributed by atoms with van der Waals surface area (Å²) < 4.78 is 5.81. The molecule has 6 heteroatoms. The van der Waals surface area contributed by atoms with Crippen LogP contribution in [0.1, 0.15) is 22.3 Å². The zero-order valence-corrected chi connectivity index (χ0v) is 15.8. The number of hydrogen-bond donors (Lipinski definition) is 1. The van der Waals surface area contributed by atoms with Crippen LogP contribution >= 0.6 is 15.9 Å². The Bertz CT molecular complexity index is 878. The van der Waals surface area contributed by atoms with E-state index in [9.17, 15) is 14.7 Å². The topological polar surface area (TPSA) is 66.8 Å². The molecule has 3 rings (SSSR count). The number of benzene rings is 2. The second kappa shape index (κ2) is 7.05. The predicted molar refractivity (Wildman–Crippen MR) is 103 cm³/mol. The highest BCUT2D eigenvalue weighted by molar-refractivity contribution is 9.10. The van der Waals surface area contributed by atoms with Gasteiger partial charge in [0.25, 0.3) is 5.91 Å². The highest BCUT2D eigenvalue weighted by atomic mass is 79.9. The Morgan fingerprint density at radius 2 is 2.00 bits per heavy atom. The molecule has 0 radical (unpaired) electrons. The standard InChI is InChI=1S/C20H18BrNO4/c1-3-10-22-17-9-6-14(21)11-16(17)20(25,19(22)24)12-18(23)13-4-7-15(26-2)8-5-13/h3-9,11,25H,1,10,12H2,2H3/t20-/m1/s1. The van der Waals surface area contributed by atoms with Gasteiger partial charge in [0.15, 0.2) is 11.4 Å². The molecule has 1 aliphatic heterocycles. The fourth-order valence-corrected chi connectivity index (χ4v) is 3.48. The fourth-order valence-electron chi connectivity index (χ4n) is 3.12. The molecule has 0 spiro atoms. The summed E-state index contributed by atoms with van der Waals surface area (Å²) in [6.07, 6.45) is 1.25. The van der Waals surface area contributed by atoms with E-state index in [1.807, 2.05) is 0 Å². The van der Waals surface area contributed by atoms with E-state index < -0.39 is 11.5 Å². The Morgan fingerprint density at radius 3 is 2.62 bits per heavy atom. The maximum Gasteiger partial charge on any atom is 0.264 e. The normalized spacial score (nSPS) is 18.6. The number of methoxy groups -OCH3 is 1. The van der Waals surface area contributed by atoms with E-state index in [2.05, 4.69) is 22.5 Å². The van der Waals surface area contributed by atoms with Crippen molar-refractivity contribution in [3.8, 4) is 5.75 Å². The number of nitrogens with zero attached hydrogens (tertiary/aromatic N) is 1. The molecule has 0 saturated heterocycles. The first-order chi connectivity index (χ1) is 12.4. The summed E-state index contributed by atoms with van der Waals surface area (Å²) in [7, 11) is 1.54. The van der Waals surface area contributed by atoms with E-state index >= 15 is 0 Å². The van der Waals surface area contributed by atoms with Crippen molar-refractivity contribution in [2.45, 2.75) is 12.0 Å². The van der Waals surface area contributed by atoms with Crippen LogP contribution in [0.3, 0.4) is 0 Å². The third-order valence-corrected chi connectivity index (χ3v) is 4.93. The number of halogens is 1. The molecule has 1 amide bonds. The van der Waals surface area contributed by atoms with Gasteiger partial charge in [-0.1, -0.05) is 22.0 Å².